The third-order valence-corrected chi connectivity index (χ3v) is 5.40. The first-order valence-corrected chi connectivity index (χ1v) is 10.2. The molecule has 1 aromatic carbocycles. The molecule has 1 N–H and O–H groups in total. The van der Waals surface area contributed by atoms with Crippen LogP contribution in [0, 0.1) is 12.7 Å². The number of nitrogens with zero attached hydrogens (tertiary/aromatic N) is 1. The number of carbonyl (C=O) groups excluding carboxylic acids is 1. The van der Waals surface area contributed by atoms with Crippen LogP contribution in [-0.4, -0.2) is 44.1 Å². The van der Waals surface area contributed by atoms with E-state index in [0.717, 1.165) is 18.9 Å². The standard InChI is InChI=1S/C18H27FN2O4S/c1-13-6-9-15(12-16(13)19)26(23,24)20-10-5-11-21(14-7-8-14)17(22)25-18(2,3)4/h6,9,12,14,20H,5,7-8,10-11H2,1-4H3. The fourth-order valence-electron chi connectivity index (χ4n) is 2.41. The van der Waals surface area contributed by atoms with Crippen molar-refractivity contribution in [3.05, 3.63) is 29.6 Å². The molecule has 8 heteroatoms. The molecule has 146 valence electrons. The van der Waals surface area contributed by atoms with Gasteiger partial charge in [0.05, 0.1) is 4.90 Å². The molecule has 0 aliphatic heterocycles. The molecule has 0 atom stereocenters. The summed E-state index contributed by atoms with van der Waals surface area (Å²) in [4.78, 5) is 13.8. The molecule has 0 radical (unpaired) electrons. The second-order valence-corrected chi connectivity index (χ2v) is 9.33. The molecular formula is C18H27FN2O4S. The van der Waals surface area contributed by atoms with E-state index in [2.05, 4.69) is 4.72 Å². The largest absolute Gasteiger partial charge is 0.444 e. The molecule has 0 unspecified atom stereocenters. The molecule has 1 aliphatic rings. The van der Waals surface area contributed by atoms with Crippen molar-refractivity contribution in [1.29, 1.82) is 0 Å². The molecule has 0 spiro atoms. The highest BCUT2D eigenvalue weighted by atomic mass is 32.2. The highest BCUT2D eigenvalue weighted by Crippen LogP contribution is 2.28. The molecular weight excluding hydrogens is 359 g/mol. The maximum absolute atomic E-state index is 13.6. The third-order valence-electron chi connectivity index (χ3n) is 3.94. The molecule has 2 rings (SSSR count). The predicted octanol–water partition coefficient (Wildman–Crippen LogP) is 3.20. The second kappa shape index (κ2) is 7.92. The van der Waals surface area contributed by atoms with Gasteiger partial charge in [0, 0.05) is 19.1 Å². The maximum atomic E-state index is 13.6. The van der Waals surface area contributed by atoms with E-state index in [4.69, 9.17) is 4.74 Å². The smallest absolute Gasteiger partial charge is 0.410 e. The highest BCUT2D eigenvalue weighted by Gasteiger charge is 2.34. The van der Waals surface area contributed by atoms with Gasteiger partial charge in [-0.05, 0) is 64.7 Å². The number of hydrogen-bond acceptors (Lipinski definition) is 4. The topological polar surface area (TPSA) is 75.7 Å². The number of aryl methyl sites for hydroxylation is 1. The van der Waals surface area contributed by atoms with E-state index in [-0.39, 0.29) is 23.6 Å². The molecule has 0 aromatic heterocycles. The van der Waals surface area contributed by atoms with Gasteiger partial charge in [-0.25, -0.2) is 22.3 Å². The number of nitrogens with one attached hydrogen (secondary N) is 1. The van der Waals surface area contributed by atoms with Crippen LogP contribution in [0.2, 0.25) is 0 Å². The fourth-order valence-corrected chi connectivity index (χ4v) is 3.50. The summed E-state index contributed by atoms with van der Waals surface area (Å²) in [5, 5.41) is 0. The molecule has 1 amide bonds. The Morgan fingerprint density at radius 3 is 2.54 bits per heavy atom. The van der Waals surface area contributed by atoms with Crippen molar-refractivity contribution in [2.24, 2.45) is 0 Å². The number of hydrogen-bond donors (Lipinski definition) is 1. The minimum atomic E-state index is -3.78. The summed E-state index contributed by atoms with van der Waals surface area (Å²) in [5.41, 5.74) is -0.178. The quantitative estimate of drug-likeness (QED) is 0.730. The monoisotopic (exact) mass is 386 g/mol. The Morgan fingerprint density at radius 2 is 2.00 bits per heavy atom. The number of ether oxygens (including phenoxy) is 1. The highest BCUT2D eigenvalue weighted by molar-refractivity contribution is 7.89. The van der Waals surface area contributed by atoms with Gasteiger partial charge in [0.1, 0.15) is 11.4 Å². The van der Waals surface area contributed by atoms with Crippen molar-refractivity contribution < 1.29 is 22.3 Å². The SMILES string of the molecule is Cc1ccc(S(=O)(=O)NCCCN(C(=O)OC(C)(C)C)C2CC2)cc1F. The summed E-state index contributed by atoms with van der Waals surface area (Å²) in [7, 11) is -3.78. The lowest BCUT2D eigenvalue weighted by atomic mass is 10.2. The van der Waals surface area contributed by atoms with Crippen molar-refractivity contribution >= 4 is 16.1 Å². The van der Waals surface area contributed by atoms with Crippen molar-refractivity contribution in [3.63, 3.8) is 0 Å². The van der Waals surface area contributed by atoms with E-state index in [9.17, 15) is 17.6 Å². The maximum Gasteiger partial charge on any atom is 0.410 e. The first-order valence-electron chi connectivity index (χ1n) is 8.75. The number of sulfonamides is 1. The van der Waals surface area contributed by atoms with Crippen molar-refractivity contribution in [3.8, 4) is 0 Å². The molecule has 1 saturated carbocycles. The van der Waals surface area contributed by atoms with Crippen LogP contribution in [0.15, 0.2) is 23.1 Å². The average molecular weight is 386 g/mol. The molecule has 26 heavy (non-hydrogen) atoms. The summed E-state index contributed by atoms with van der Waals surface area (Å²) in [6.07, 6.45) is 1.95. The normalized spacial score (nSPS) is 15.0. The number of amides is 1. The average Bonchev–Trinajstić information content (AvgIpc) is 3.32. The lowest BCUT2D eigenvalue weighted by Gasteiger charge is -2.27. The van der Waals surface area contributed by atoms with E-state index >= 15 is 0 Å². The van der Waals surface area contributed by atoms with Crippen LogP contribution >= 0.6 is 0 Å². The van der Waals surface area contributed by atoms with E-state index < -0.39 is 21.4 Å². The van der Waals surface area contributed by atoms with Crippen LogP contribution in [0.4, 0.5) is 9.18 Å². The molecule has 0 bridgehead atoms. The summed E-state index contributed by atoms with van der Waals surface area (Å²) in [5.74, 6) is -0.558. The van der Waals surface area contributed by atoms with Gasteiger partial charge in [-0.3, -0.25) is 0 Å². The third kappa shape index (κ3) is 5.95. The summed E-state index contributed by atoms with van der Waals surface area (Å²) >= 11 is 0. The predicted molar refractivity (Wildman–Crippen MR) is 96.9 cm³/mol. The number of halogens is 1. The van der Waals surface area contributed by atoms with Crippen LogP contribution in [0.1, 0.15) is 45.6 Å². The zero-order valence-corrected chi connectivity index (χ0v) is 16.5. The van der Waals surface area contributed by atoms with E-state index in [1.54, 1.807) is 11.8 Å². The summed E-state index contributed by atoms with van der Waals surface area (Å²) < 4.78 is 45.9. The Hall–Kier alpha value is -1.67. The minimum Gasteiger partial charge on any atom is -0.444 e. The van der Waals surface area contributed by atoms with Gasteiger partial charge < -0.3 is 9.64 Å². The van der Waals surface area contributed by atoms with E-state index in [1.807, 2.05) is 20.8 Å². The number of carbonyl (C=O) groups is 1. The molecule has 0 saturated heterocycles. The first kappa shape index (κ1) is 20.6. The van der Waals surface area contributed by atoms with Gasteiger partial charge in [0.25, 0.3) is 0 Å². The number of benzene rings is 1. The van der Waals surface area contributed by atoms with Crippen LogP contribution in [0.5, 0.6) is 0 Å². The van der Waals surface area contributed by atoms with Gasteiger partial charge >= 0.3 is 6.09 Å². The Labute approximate surface area is 154 Å². The van der Waals surface area contributed by atoms with Gasteiger partial charge in [0.15, 0.2) is 0 Å². The van der Waals surface area contributed by atoms with Crippen LogP contribution in [0.3, 0.4) is 0 Å². The summed E-state index contributed by atoms with van der Waals surface area (Å²) in [6.45, 7) is 7.57. The van der Waals surface area contributed by atoms with E-state index in [0.29, 0.717) is 18.5 Å². The van der Waals surface area contributed by atoms with E-state index in [1.165, 1.54) is 12.1 Å². The lowest BCUT2D eigenvalue weighted by Crippen LogP contribution is -2.39. The Balaban J connectivity index is 1.87. The number of rotatable bonds is 7. The first-order chi connectivity index (χ1) is 12.0. The van der Waals surface area contributed by atoms with Crippen LogP contribution < -0.4 is 4.72 Å². The van der Waals surface area contributed by atoms with Crippen molar-refractivity contribution in [2.75, 3.05) is 13.1 Å². The van der Waals surface area contributed by atoms with Crippen molar-refractivity contribution in [2.45, 2.75) is 63.5 Å². The van der Waals surface area contributed by atoms with Crippen LogP contribution in [-0.2, 0) is 14.8 Å². The fraction of sp³-hybridized carbons (Fsp3) is 0.611. The van der Waals surface area contributed by atoms with Gasteiger partial charge in [-0.1, -0.05) is 6.07 Å². The van der Waals surface area contributed by atoms with Gasteiger partial charge in [-0.15, -0.1) is 0 Å². The summed E-state index contributed by atoms with van der Waals surface area (Å²) in [6, 6.07) is 3.99. The minimum absolute atomic E-state index is 0.105. The Kier molecular flexibility index (Phi) is 6.29. The second-order valence-electron chi connectivity index (χ2n) is 7.57. The molecule has 1 aliphatic carbocycles. The Morgan fingerprint density at radius 1 is 1.35 bits per heavy atom. The Bertz CT molecular complexity index is 755. The van der Waals surface area contributed by atoms with Crippen LogP contribution in [0.25, 0.3) is 0 Å². The van der Waals surface area contributed by atoms with Gasteiger partial charge in [0.2, 0.25) is 10.0 Å². The molecule has 1 aromatic rings. The molecule has 6 nitrogen and oxygen atoms in total. The van der Waals surface area contributed by atoms with Crippen molar-refractivity contribution in [1.82, 2.24) is 9.62 Å². The molecule has 0 heterocycles. The zero-order chi connectivity index (χ0) is 19.5. The zero-order valence-electron chi connectivity index (χ0n) is 15.7. The molecule has 1 fully saturated rings. The van der Waals surface area contributed by atoms with Gasteiger partial charge in [-0.2, -0.15) is 0 Å². The lowest BCUT2D eigenvalue weighted by molar-refractivity contribution is 0.0232.